The second-order valence-electron chi connectivity index (χ2n) is 11.6. The Kier molecular flexibility index (Phi) is 12.3. The molecule has 0 atom stereocenters. The van der Waals surface area contributed by atoms with Crippen molar-refractivity contribution in [2.45, 2.75) is 57.5 Å². The molecular formula is C34H36Cl2N2O7S2. The highest BCUT2D eigenvalue weighted by Crippen LogP contribution is 2.30. The molecule has 3 aromatic carbocycles. The van der Waals surface area contributed by atoms with Crippen molar-refractivity contribution in [2.24, 2.45) is 0 Å². The quantitative estimate of drug-likeness (QED) is 0.131. The van der Waals surface area contributed by atoms with Gasteiger partial charge in [-0.25, -0.2) is 18.2 Å². The van der Waals surface area contributed by atoms with Gasteiger partial charge in [0.2, 0.25) is 0 Å². The highest BCUT2D eigenvalue weighted by Gasteiger charge is 2.19. The molecule has 0 spiro atoms. The number of hydrogen-bond acceptors (Lipinski definition) is 9. The van der Waals surface area contributed by atoms with E-state index in [9.17, 15) is 18.0 Å². The SMILES string of the molecule is CCOC(=O)COc1ccc(CCCS(=O)(=O)c2ccc(Cl)cc2)cc1NC(=O)c1cc(Cl)cc(OCc2nc(C(C)(C)C)cs2)c1. The number of hydrogen-bond donors (Lipinski definition) is 1. The lowest BCUT2D eigenvalue weighted by Gasteiger charge is -2.15. The van der Waals surface area contributed by atoms with E-state index in [1.807, 2.05) is 5.38 Å². The Bertz CT molecular complexity index is 1820. The molecule has 0 aliphatic rings. The van der Waals surface area contributed by atoms with Crippen LogP contribution in [0.1, 0.15) is 60.7 Å². The predicted molar refractivity (Wildman–Crippen MR) is 185 cm³/mol. The molecule has 9 nitrogen and oxygen atoms in total. The number of rotatable bonds is 14. The maximum Gasteiger partial charge on any atom is 0.344 e. The molecule has 0 bridgehead atoms. The summed E-state index contributed by atoms with van der Waals surface area (Å²) in [6.45, 7) is 8.00. The van der Waals surface area contributed by atoms with Crippen LogP contribution in [0, 0.1) is 0 Å². The van der Waals surface area contributed by atoms with E-state index >= 15 is 0 Å². The lowest BCUT2D eigenvalue weighted by atomic mass is 9.93. The predicted octanol–water partition coefficient (Wildman–Crippen LogP) is 7.93. The molecule has 0 unspecified atom stereocenters. The van der Waals surface area contributed by atoms with Gasteiger partial charge in [-0.15, -0.1) is 11.3 Å². The third-order valence-corrected chi connectivity index (χ3v) is 9.92. The first-order valence-corrected chi connectivity index (χ1v) is 18.1. The summed E-state index contributed by atoms with van der Waals surface area (Å²) in [5.74, 6) is -0.510. The van der Waals surface area contributed by atoms with E-state index < -0.39 is 21.7 Å². The first kappa shape index (κ1) is 36.2. The Labute approximate surface area is 289 Å². The molecule has 250 valence electrons. The topological polar surface area (TPSA) is 121 Å². The third kappa shape index (κ3) is 10.7. The Morgan fingerprint density at radius 3 is 2.38 bits per heavy atom. The second kappa shape index (κ2) is 16.0. The van der Waals surface area contributed by atoms with Crippen LogP contribution in [-0.4, -0.2) is 44.2 Å². The Hall–Kier alpha value is -3.64. The van der Waals surface area contributed by atoms with Gasteiger partial charge in [-0.3, -0.25) is 4.79 Å². The molecular weight excluding hydrogens is 683 g/mol. The minimum Gasteiger partial charge on any atom is -0.486 e. The summed E-state index contributed by atoms with van der Waals surface area (Å²) in [6.07, 6.45) is 0.726. The molecule has 0 radical (unpaired) electrons. The Morgan fingerprint density at radius 1 is 0.957 bits per heavy atom. The van der Waals surface area contributed by atoms with Gasteiger partial charge >= 0.3 is 5.97 Å². The van der Waals surface area contributed by atoms with Gasteiger partial charge in [-0.2, -0.15) is 0 Å². The van der Waals surface area contributed by atoms with Crippen molar-refractivity contribution < 1.29 is 32.2 Å². The van der Waals surface area contributed by atoms with Crippen LogP contribution in [0.15, 0.2) is 70.9 Å². The summed E-state index contributed by atoms with van der Waals surface area (Å²) in [6, 6.07) is 15.8. The van der Waals surface area contributed by atoms with E-state index in [1.54, 1.807) is 37.3 Å². The summed E-state index contributed by atoms with van der Waals surface area (Å²) in [5, 5.41) is 6.39. The molecule has 4 rings (SSSR count). The van der Waals surface area contributed by atoms with Gasteiger partial charge in [-0.1, -0.05) is 50.0 Å². The number of carbonyl (C=O) groups excluding carboxylic acids is 2. The number of aromatic nitrogens is 1. The van der Waals surface area contributed by atoms with Gasteiger partial charge in [0.1, 0.15) is 23.1 Å². The van der Waals surface area contributed by atoms with Crippen molar-refractivity contribution >= 4 is 61.9 Å². The van der Waals surface area contributed by atoms with Gasteiger partial charge < -0.3 is 19.5 Å². The first-order valence-electron chi connectivity index (χ1n) is 14.8. The van der Waals surface area contributed by atoms with Crippen LogP contribution in [0.25, 0.3) is 0 Å². The van der Waals surface area contributed by atoms with E-state index in [2.05, 4.69) is 31.1 Å². The number of esters is 1. The van der Waals surface area contributed by atoms with Crippen LogP contribution in [0.4, 0.5) is 5.69 Å². The van der Waals surface area contributed by atoms with Crippen LogP contribution in [0.3, 0.4) is 0 Å². The summed E-state index contributed by atoms with van der Waals surface area (Å²) in [7, 11) is -3.51. The zero-order chi connectivity index (χ0) is 34.2. The standard InChI is InChI=1S/C34H36Cl2N2O7S2/c1-5-43-32(39)20-45-29-13-8-22(7-6-14-47(41,42)27-11-9-24(35)10-12-27)15-28(29)37-33(40)23-16-25(36)18-26(17-23)44-19-31-38-30(21-46-31)34(2,3)4/h8-13,15-18,21H,5-7,14,19-20H2,1-4H3,(H,37,40). The first-order chi connectivity index (χ1) is 22.2. The molecule has 47 heavy (non-hydrogen) atoms. The van der Waals surface area contributed by atoms with E-state index in [4.69, 9.17) is 37.4 Å². The normalized spacial score (nSPS) is 11.6. The molecule has 0 saturated carbocycles. The van der Waals surface area contributed by atoms with Gasteiger partial charge in [-0.05, 0) is 79.9 Å². The van der Waals surface area contributed by atoms with Crippen molar-refractivity contribution in [3.8, 4) is 11.5 Å². The highest BCUT2D eigenvalue weighted by molar-refractivity contribution is 7.91. The molecule has 0 aliphatic heterocycles. The average Bonchev–Trinajstić information content (AvgIpc) is 3.50. The number of ether oxygens (including phenoxy) is 3. The zero-order valence-corrected chi connectivity index (χ0v) is 29.6. The number of amides is 1. The van der Waals surface area contributed by atoms with Crippen LogP contribution in [0.5, 0.6) is 11.5 Å². The van der Waals surface area contributed by atoms with Gasteiger partial charge in [0, 0.05) is 26.4 Å². The lowest BCUT2D eigenvalue weighted by Crippen LogP contribution is -2.17. The Morgan fingerprint density at radius 2 is 1.70 bits per heavy atom. The lowest BCUT2D eigenvalue weighted by molar-refractivity contribution is -0.145. The van der Waals surface area contributed by atoms with Crippen LogP contribution >= 0.6 is 34.5 Å². The minimum atomic E-state index is -3.51. The van der Waals surface area contributed by atoms with Gasteiger partial charge in [0.05, 0.1) is 28.6 Å². The summed E-state index contributed by atoms with van der Waals surface area (Å²) >= 11 is 13.7. The number of carbonyl (C=O) groups is 2. The summed E-state index contributed by atoms with van der Waals surface area (Å²) in [4.78, 5) is 30.3. The number of nitrogens with zero attached hydrogens (tertiary/aromatic N) is 1. The van der Waals surface area contributed by atoms with Crippen molar-refractivity contribution in [1.29, 1.82) is 0 Å². The van der Waals surface area contributed by atoms with Crippen LogP contribution < -0.4 is 14.8 Å². The molecule has 1 heterocycles. The molecule has 0 fully saturated rings. The summed E-state index contributed by atoms with van der Waals surface area (Å²) < 4.78 is 42.2. The van der Waals surface area contributed by atoms with Gasteiger partial charge in [0.15, 0.2) is 16.4 Å². The number of sulfone groups is 1. The van der Waals surface area contributed by atoms with E-state index in [0.717, 1.165) is 16.3 Å². The monoisotopic (exact) mass is 718 g/mol. The van der Waals surface area contributed by atoms with Crippen molar-refractivity contribution in [2.75, 3.05) is 24.3 Å². The van der Waals surface area contributed by atoms with Crippen LogP contribution in [-0.2, 0) is 37.8 Å². The second-order valence-corrected chi connectivity index (χ2v) is 15.5. The number of aryl methyl sites for hydroxylation is 1. The number of nitrogens with one attached hydrogen (secondary N) is 1. The maximum absolute atomic E-state index is 13.5. The van der Waals surface area contributed by atoms with Crippen LogP contribution in [0.2, 0.25) is 10.0 Å². The Balaban J connectivity index is 1.49. The van der Waals surface area contributed by atoms with Crippen molar-refractivity contribution in [1.82, 2.24) is 4.98 Å². The molecule has 4 aromatic rings. The number of benzene rings is 3. The van der Waals surface area contributed by atoms with E-state index in [1.165, 1.54) is 41.7 Å². The molecule has 1 N–H and O–H groups in total. The van der Waals surface area contributed by atoms with Crippen molar-refractivity contribution in [3.05, 3.63) is 97.9 Å². The molecule has 1 aromatic heterocycles. The molecule has 13 heteroatoms. The highest BCUT2D eigenvalue weighted by atomic mass is 35.5. The fraction of sp³-hybridized carbons (Fsp3) is 0.324. The fourth-order valence-electron chi connectivity index (χ4n) is 4.36. The smallest absolute Gasteiger partial charge is 0.344 e. The minimum absolute atomic E-state index is 0.0820. The molecule has 0 aliphatic carbocycles. The van der Waals surface area contributed by atoms with E-state index in [-0.39, 0.29) is 52.9 Å². The fourth-order valence-corrected chi connectivity index (χ4v) is 6.95. The number of anilines is 1. The van der Waals surface area contributed by atoms with Gasteiger partial charge in [0.25, 0.3) is 5.91 Å². The molecule has 1 amide bonds. The summed E-state index contributed by atoms with van der Waals surface area (Å²) in [5.41, 5.74) is 2.17. The zero-order valence-electron chi connectivity index (χ0n) is 26.5. The molecule has 0 saturated heterocycles. The maximum atomic E-state index is 13.5. The average molecular weight is 720 g/mol. The van der Waals surface area contributed by atoms with E-state index in [0.29, 0.717) is 28.6 Å². The largest absolute Gasteiger partial charge is 0.486 e. The number of thiazole rings is 1. The third-order valence-electron chi connectivity index (χ3n) is 6.81. The number of halogens is 2. The van der Waals surface area contributed by atoms with Crippen molar-refractivity contribution in [3.63, 3.8) is 0 Å².